The summed E-state index contributed by atoms with van der Waals surface area (Å²) in [5.74, 6) is -0.211. The lowest BCUT2D eigenvalue weighted by Crippen LogP contribution is -2.35. The Morgan fingerprint density at radius 1 is 1.10 bits per heavy atom. The molecule has 106 valence electrons. The van der Waals surface area contributed by atoms with Crippen LogP contribution < -0.4 is 5.73 Å². The number of nitrogens with zero attached hydrogens (tertiary/aromatic N) is 1. The molecule has 0 spiro atoms. The number of aromatic nitrogens is 1. The second-order valence-corrected chi connectivity index (χ2v) is 5.60. The van der Waals surface area contributed by atoms with E-state index in [4.69, 9.17) is 5.73 Å². The molecule has 0 saturated heterocycles. The molecule has 0 fully saturated rings. The van der Waals surface area contributed by atoms with Crippen LogP contribution in [0.2, 0.25) is 0 Å². The van der Waals surface area contributed by atoms with Crippen LogP contribution >= 0.6 is 0 Å². The topological polar surface area (TPSA) is 38.9 Å². The highest BCUT2D eigenvalue weighted by Gasteiger charge is 2.23. The fourth-order valence-electron chi connectivity index (χ4n) is 2.57. The van der Waals surface area contributed by atoms with E-state index in [1.54, 1.807) is 18.3 Å². The van der Waals surface area contributed by atoms with Crippen LogP contribution in [0.1, 0.15) is 18.1 Å². The van der Waals surface area contributed by atoms with Gasteiger partial charge in [0.2, 0.25) is 0 Å². The lowest BCUT2D eigenvalue weighted by atomic mass is 9.86. The Balaban J connectivity index is 1.97. The van der Waals surface area contributed by atoms with E-state index >= 15 is 0 Å². The molecule has 0 radical (unpaired) electrons. The molecule has 3 heteroatoms. The SMILES string of the molecule is CC(N)(Cc1ccccc1F)c1ccc2ncccc2c1. The summed E-state index contributed by atoms with van der Waals surface area (Å²) >= 11 is 0. The fraction of sp³-hybridized carbons (Fsp3) is 0.167. The normalized spacial score (nSPS) is 14.0. The molecule has 0 aliphatic heterocycles. The van der Waals surface area contributed by atoms with Crippen molar-refractivity contribution >= 4 is 10.9 Å². The van der Waals surface area contributed by atoms with Gasteiger partial charge in [0.1, 0.15) is 5.82 Å². The maximum atomic E-state index is 13.8. The van der Waals surface area contributed by atoms with E-state index in [1.165, 1.54) is 6.07 Å². The lowest BCUT2D eigenvalue weighted by molar-refractivity contribution is 0.476. The Kier molecular flexibility index (Phi) is 3.43. The van der Waals surface area contributed by atoms with Crippen molar-refractivity contribution in [3.05, 3.63) is 77.7 Å². The molecule has 1 atom stereocenters. The smallest absolute Gasteiger partial charge is 0.126 e. The summed E-state index contributed by atoms with van der Waals surface area (Å²) in [6.07, 6.45) is 2.22. The average molecular weight is 280 g/mol. The first-order chi connectivity index (χ1) is 10.1. The number of nitrogens with two attached hydrogens (primary N) is 1. The van der Waals surface area contributed by atoms with E-state index < -0.39 is 5.54 Å². The van der Waals surface area contributed by atoms with Crippen LogP contribution in [0.3, 0.4) is 0 Å². The molecular formula is C18H17FN2. The van der Waals surface area contributed by atoms with Crippen LogP contribution in [0.25, 0.3) is 10.9 Å². The highest BCUT2D eigenvalue weighted by atomic mass is 19.1. The zero-order valence-corrected chi connectivity index (χ0v) is 11.9. The molecular weight excluding hydrogens is 263 g/mol. The van der Waals surface area contributed by atoms with Gasteiger partial charge in [0.05, 0.1) is 5.52 Å². The van der Waals surface area contributed by atoms with E-state index in [0.717, 1.165) is 16.5 Å². The second-order valence-electron chi connectivity index (χ2n) is 5.60. The number of benzene rings is 2. The van der Waals surface area contributed by atoms with E-state index in [0.29, 0.717) is 12.0 Å². The zero-order chi connectivity index (χ0) is 14.9. The summed E-state index contributed by atoms with van der Waals surface area (Å²) < 4.78 is 13.8. The second kappa shape index (κ2) is 5.26. The molecule has 0 amide bonds. The standard InChI is InChI=1S/C18H17FN2/c1-18(20,12-14-5-2-3-7-16(14)19)15-8-9-17-13(11-15)6-4-10-21-17/h2-11H,12,20H2,1H3. The predicted molar refractivity (Wildman–Crippen MR) is 83.4 cm³/mol. The quantitative estimate of drug-likeness (QED) is 0.792. The van der Waals surface area contributed by atoms with Crippen LogP contribution in [-0.2, 0) is 12.0 Å². The van der Waals surface area contributed by atoms with Crippen molar-refractivity contribution in [2.24, 2.45) is 5.73 Å². The highest BCUT2D eigenvalue weighted by Crippen LogP contribution is 2.26. The average Bonchev–Trinajstić information content (AvgIpc) is 2.49. The molecule has 0 saturated carbocycles. The predicted octanol–water partition coefficient (Wildman–Crippen LogP) is 3.79. The van der Waals surface area contributed by atoms with E-state index in [-0.39, 0.29) is 5.82 Å². The van der Waals surface area contributed by atoms with E-state index in [1.807, 2.05) is 43.3 Å². The number of fused-ring (bicyclic) bond motifs is 1. The molecule has 1 unspecified atom stereocenters. The zero-order valence-electron chi connectivity index (χ0n) is 11.9. The van der Waals surface area contributed by atoms with Gasteiger partial charge < -0.3 is 5.73 Å². The number of halogens is 1. The molecule has 0 aliphatic rings. The van der Waals surface area contributed by atoms with Gasteiger partial charge in [-0.05, 0) is 48.7 Å². The number of hydrogen-bond donors (Lipinski definition) is 1. The minimum Gasteiger partial charge on any atom is -0.321 e. The van der Waals surface area contributed by atoms with Gasteiger partial charge in [-0.3, -0.25) is 4.98 Å². The first-order valence-corrected chi connectivity index (χ1v) is 6.94. The van der Waals surface area contributed by atoms with Gasteiger partial charge in [-0.25, -0.2) is 4.39 Å². The number of pyridine rings is 1. The fourth-order valence-corrected chi connectivity index (χ4v) is 2.57. The molecule has 2 N–H and O–H groups in total. The number of rotatable bonds is 3. The summed E-state index contributed by atoms with van der Waals surface area (Å²) in [4.78, 5) is 4.30. The van der Waals surface area contributed by atoms with Crippen molar-refractivity contribution in [2.45, 2.75) is 18.9 Å². The Bertz CT molecular complexity index is 781. The Labute approximate surface area is 123 Å². The minimum atomic E-state index is -0.633. The third kappa shape index (κ3) is 2.78. The van der Waals surface area contributed by atoms with Crippen molar-refractivity contribution in [3.8, 4) is 0 Å². The summed E-state index contributed by atoms with van der Waals surface area (Å²) in [5.41, 5.74) is 8.35. The molecule has 2 nitrogen and oxygen atoms in total. The molecule has 3 aromatic rings. The summed E-state index contributed by atoms with van der Waals surface area (Å²) in [7, 11) is 0. The van der Waals surface area contributed by atoms with Gasteiger partial charge in [-0.1, -0.05) is 30.3 Å². The van der Waals surface area contributed by atoms with Gasteiger partial charge >= 0.3 is 0 Å². The van der Waals surface area contributed by atoms with Crippen molar-refractivity contribution in [1.29, 1.82) is 0 Å². The first kappa shape index (κ1) is 13.7. The molecule has 1 heterocycles. The monoisotopic (exact) mass is 280 g/mol. The van der Waals surface area contributed by atoms with E-state index in [9.17, 15) is 4.39 Å². The van der Waals surface area contributed by atoms with Crippen molar-refractivity contribution in [2.75, 3.05) is 0 Å². The number of hydrogen-bond acceptors (Lipinski definition) is 2. The Morgan fingerprint density at radius 2 is 1.90 bits per heavy atom. The maximum absolute atomic E-state index is 13.8. The maximum Gasteiger partial charge on any atom is 0.126 e. The van der Waals surface area contributed by atoms with Crippen LogP contribution in [0.4, 0.5) is 4.39 Å². The van der Waals surface area contributed by atoms with E-state index in [2.05, 4.69) is 4.98 Å². The van der Waals surface area contributed by atoms with Crippen LogP contribution in [0.15, 0.2) is 60.8 Å². The van der Waals surface area contributed by atoms with Gasteiger partial charge in [-0.15, -0.1) is 0 Å². The lowest BCUT2D eigenvalue weighted by Gasteiger charge is -2.26. The third-order valence-corrected chi connectivity index (χ3v) is 3.78. The molecule has 21 heavy (non-hydrogen) atoms. The van der Waals surface area contributed by atoms with Crippen molar-refractivity contribution < 1.29 is 4.39 Å². The van der Waals surface area contributed by atoms with Crippen LogP contribution in [0.5, 0.6) is 0 Å². The molecule has 0 aliphatic carbocycles. The Morgan fingerprint density at radius 3 is 2.71 bits per heavy atom. The van der Waals surface area contributed by atoms with Crippen molar-refractivity contribution in [3.63, 3.8) is 0 Å². The summed E-state index contributed by atoms with van der Waals surface area (Å²) in [6.45, 7) is 1.93. The van der Waals surface area contributed by atoms with Crippen molar-refractivity contribution in [1.82, 2.24) is 4.98 Å². The highest BCUT2D eigenvalue weighted by molar-refractivity contribution is 5.79. The molecule has 1 aromatic heterocycles. The van der Waals surface area contributed by atoms with Crippen LogP contribution in [-0.4, -0.2) is 4.98 Å². The van der Waals surface area contributed by atoms with Gasteiger partial charge in [0.15, 0.2) is 0 Å². The Hall–Kier alpha value is -2.26. The summed E-state index contributed by atoms with van der Waals surface area (Å²) in [5, 5.41) is 1.04. The largest absolute Gasteiger partial charge is 0.321 e. The van der Waals surface area contributed by atoms with Gasteiger partial charge in [0, 0.05) is 17.1 Å². The van der Waals surface area contributed by atoms with Crippen LogP contribution in [0, 0.1) is 5.82 Å². The molecule has 2 aromatic carbocycles. The summed E-state index contributed by atoms with van der Waals surface area (Å²) in [6, 6.07) is 16.6. The molecule has 3 rings (SSSR count). The minimum absolute atomic E-state index is 0.211. The molecule has 0 bridgehead atoms. The third-order valence-electron chi connectivity index (χ3n) is 3.78. The van der Waals surface area contributed by atoms with Gasteiger partial charge in [0.25, 0.3) is 0 Å². The van der Waals surface area contributed by atoms with Gasteiger partial charge in [-0.2, -0.15) is 0 Å². The first-order valence-electron chi connectivity index (χ1n) is 6.94.